The number of hydrogen-bond donors (Lipinski definition) is 1. The van der Waals surface area contributed by atoms with Gasteiger partial charge in [0.1, 0.15) is 0 Å². The zero-order valence-corrected chi connectivity index (χ0v) is 15.4. The van der Waals surface area contributed by atoms with Gasteiger partial charge in [-0.05, 0) is 62.2 Å². The number of rotatable bonds is 3. The van der Waals surface area contributed by atoms with Gasteiger partial charge in [0.15, 0.2) is 5.13 Å². The average Bonchev–Trinajstić information content (AvgIpc) is 2.78. The van der Waals surface area contributed by atoms with Gasteiger partial charge in [0, 0.05) is 21.2 Å². The summed E-state index contributed by atoms with van der Waals surface area (Å²) < 4.78 is 0. The molecule has 1 N–H and O–H groups in total. The van der Waals surface area contributed by atoms with Gasteiger partial charge in [0.25, 0.3) is 0 Å². The van der Waals surface area contributed by atoms with Crippen molar-refractivity contribution in [2.24, 2.45) is 0 Å². The van der Waals surface area contributed by atoms with E-state index in [1.165, 1.54) is 11.1 Å². The maximum atomic E-state index is 6.31. The maximum absolute atomic E-state index is 6.31. The smallest absolute Gasteiger partial charge is 0.187 e. The number of thiazole rings is 1. The van der Waals surface area contributed by atoms with Gasteiger partial charge in [0.2, 0.25) is 0 Å². The van der Waals surface area contributed by atoms with Crippen LogP contribution in [-0.4, -0.2) is 4.98 Å². The molecule has 0 saturated heterocycles. The third-order valence-corrected chi connectivity index (χ3v) is 4.89. The predicted octanol–water partition coefficient (Wildman–Crippen LogP) is 6.79. The molecule has 0 aliphatic heterocycles. The number of nitrogens with one attached hydrogen (secondary N) is 1. The van der Waals surface area contributed by atoms with E-state index in [-0.39, 0.29) is 0 Å². The lowest BCUT2D eigenvalue weighted by Gasteiger charge is -2.05. The number of aryl methyl sites for hydroxylation is 3. The molecule has 0 saturated carbocycles. The molecule has 0 amide bonds. The Morgan fingerprint density at radius 1 is 0.957 bits per heavy atom. The van der Waals surface area contributed by atoms with Gasteiger partial charge >= 0.3 is 0 Å². The van der Waals surface area contributed by atoms with E-state index in [1.807, 2.05) is 19.1 Å². The van der Waals surface area contributed by atoms with Crippen molar-refractivity contribution in [2.75, 3.05) is 5.32 Å². The average molecular weight is 363 g/mol. The van der Waals surface area contributed by atoms with E-state index in [1.54, 1.807) is 17.4 Å². The van der Waals surface area contributed by atoms with Crippen molar-refractivity contribution in [2.45, 2.75) is 20.8 Å². The van der Waals surface area contributed by atoms with Crippen LogP contribution < -0.4 is 5.32 Å². The lowest BCUT2D eigenvalue weighted by Crippen LogP contribution is -1.91. The number of aromatic nitrogens is 1. The number of benzene rings is 2. The van der Waals surface area contributed by atoms with Crippen LogP contribution in [0.2, 0.25) is 10.0 Å². The molecule has 2 aromatic carbocycles. The maximum Gasteiger partial charge on any atom is 0.187 e. The summed E-state index contributed by atoms with van der Waals surface area (Å²) in [5.41, 5.74) is 5.29. The molecule has 1 heterocycles. The molecule has 0 aliphatic carbocycles. The molecule has 3 aromatic rings. The Labute approximate surface area is 150 Å². The van der Waals surface area contributed by atoms with Crippen LogP contribution in [0.3, 0.4) is 0 Å². The third kappa shape index (κ3) is 3.69. The molecular weight excluding hydrogens is 347 g/mol. The predicted molar refractivity (Wildman–Crippen MR) is 102 cm³/mol. The highest BCUT2D eigenvalue weighted by atomic mass is 35.5. The molecule has 0 unspecified atom stereocenters. The van der Waals surface area contributed by atoms with E-state index in [0.29, 0.717) is 10.0 Å². The van der Waals surface area contributed by atoms with E-state index in [0.717, 1.165) is 27.0 Å². The zero-order valence-electron chi connectivity index (χ0n) is 13.1. The van der Waals surface area contributed by atoms with Crippen LogP contribution in [-0.2, 0) is 0 Å². The van der Waals surface area contributed by atoms with Crippen LogP contribution in [0, 0.1) is 20.8 Å². The minimum Gasteiger partial charge on any atom is -0.332 e. The first-order valence-corrected chi connectivity index (χ1v) is 8.78. The summed E-state index contributed by atoms with van der Waals surface area (Å²) in [6, 6.07) is 11.9. The molecular formula is C18H16Cl2N2S. The molecule has 0 bridgehead atoms. The number of halogens is 2. The topological polar surface area (TPSA) is 24.9 Å². The van der Waals surface area contributed by atoms with Gasteiger partial charge in [-0.1, -0.05) is 29.3 Å². The standard InChI is InChI=1S/C18H16Cl2N2S/c1-10-6-11(2)8-14(7-10)21-18-22-17(12(3)23-18)15-5-4-13(19)9-16(15)20/h4-9H,1-3H3,(H,21,22). The molecule has 5 heteroatoms. The zero-order chi connectivity index (χ0) is 16.6. The van der Waals surface area contributed by atoms with Crippen LogP contribution >= 0.6 is 34.5 Å². The van der Waals surface area contributed by atoms with Crippen molar-refractivity contribution in [3.05, 3.63) is 62.4 Å². The fourth-order valence-electron chi connectivity index (χ4n) is 2.55. The molecule has 0 radical (unpaired) electrons. The second-order valence-corrected chi connectivity index (χ2v) is 7.60. The van der Waals surface area contributed by atoms with E-state index in [9.17, 15) is 0 Å². The van der Waals surface area contributed by atoms with Gasteiger partial charge < -0.3 is 5.32 Å². The van der Waals surface area contributed by atoms with Crippen LogP contribution in [0.25, 0.3) is 11.3 Å². The van der Waals surface area contributed by atoms with Crippen molar-refractivity contribution in [1.82, 2.24) is 4.98 Å². The highest BCUT2D eigenvalue weighted by molar-refractivity contribution is 7.16. The van der Waals surface area contributed by atoms with Gasteiger partial charge in [-0.2, -0.15) is 0 Å². The van der Waals surface area contributed by atoms with Gasteiger partial charge in [-0.15, -0.1) is 11.3 Å². The summed E-state index contributed by atoms with van der Waals surface area (Å²) in [7, 11) is 0. The quantitative estimate of drug-likeness (QED) is 0.554. The molecule has 0 atom stereocenters. The molecule has 0 aliphatic rings. The summed E-state index contributed by atoms with van der Waals surface area (Å²) >= 11 is 13.9. The van der Waals surface area contributed by atoms with Crippen molar-refractivity contribution in [3.63, 3.8) is 0 Å². The first-order chi connectivity index (χ1) is 10.9. The summed E-state index contributed by atoms with van der Waals surface area (Å²) in [4.78, 5) is 5.82. The van der Waals surface area contributed by atoms with E-state index in [2.05, 4.69) is 37.4 Å². The van der Waals surface area contributed by atoms with Crippen LogP contribution in [0.4, 0.5) is 10.8 Å². The Kier molecular flexibility index (Phi) is 4.62. The minimum atomic E-state index is 0.615. The third-order valence-electron chi connectivity index (χ3n) is 3.46. The van der Waals surface area contributed by atoms with E-state index < -0.39 is 0 Å². The second-order valence-electron chi connectivity index (χ2n) is 5.55. The molecule has 2 nitrogen and oxygen atoms in total. The Hall–Kier alpha value is -1.55. The van der Waals surface area contributed by atoms with E-state index >= 15 is 0 Å². The first-order valence-electron chi connectivity index (χ1n) is 7.20. The van der Waals surface area contributed by atoms with Crippen molar-refractivity contribution in [3.8, 4) is 11.3 Å². The summed E-state index contributed by atoms with van der Waals surface area (Å²) in [5, 5.41) is 5.48. The highest BCUT2D eigenvalue weighted by Crippen LogP contribution is 2.36. The van der Waals surface area contributed by atoms with Crippen LogP contribution in [0.15, 0.2) is 36.4 Å². The lowest BCUT2D eigenvalue weighted by atomic mass is 10.1. The molecule has 0 spiro atoms. The van der Waals surface area contributed by atoms with Crippen LogP contribution in [0.5, 0.6) is 0 Å². The molecule has 118 valence electrons. The van der Waals surface area contributed by atoms with E-state index in [4.69, 9.17) is 28.2 Å². The Morgan fingerprint density at radius 2 is 1.65 bits per heavy atom. The Morgan fingerprint density at radius 3 is 2.30 bits per heavy atom. The Balaban J connectivity index is 1.94. The van der Waals surface area contributed by atoms with Gasteiger partial charge in [-0.25, -0.2) is 4.98 Å². The fourth-order valence-corrected chi connectivity index (χ4v) is 3.90. The van der Waals surface area contributed by atoms with Crippen LogP contribution in [0.1, 0.15) is 16.0 Å². The molecule has 23 heavy (non-hydrogen) atoms. The summed E-state index contributed by atoms with van der Waals surface area (Å²) in [6.07, 6.45) is 0. The molecule has 0 fully saturated rings. The summed E-state index contributed by atoms with van der Waals surface area (Å²) in [6.45, 7) is 6.22. The molecule has 3 rings (SSSR count). The highest BCUT2D eigenvalue weighted by Gasteiger charge is 2.13. The fraction of sp³-hybridized carbons (Fsp3) is 0.167. The molecule has 1 aromatic heterocycles. The monoisotopic (exact) mass is 362 g/mol. The van der Waals surface area contributed by atoms with Gasteiger partial charge in [0.05, 0.1) is 10.7 Å². The van der Waals surface area contributed by atoms with Crippen molar-refractivity contribution >= 4 is 45.4 Å². The lowest BCUT2D eigenvalue weighted by molar-refractivity contribution is 1.34. The normalized spacial score (nSPS) is 10.8. The number of anilines is 2. The first kappa shape index (κ1) is 16.3. The van der Waals surface area contributed by atoms with Crippen molar-refractivity contribution < 1.29 is 0 Å². The SMILES string of the molecule is Cc1cc(C)cc(Nc2nc(-c3ccc(Cl)cc3Cl)c(C)s2)c1. The summed E-state index contributed by atoms with van der Waals surface area (Å²) in [5.74, 6) is 0. The largest absolute Gasteiger partial charge is 0.332 e. The minimum absolute atomic E-state index is 0.615. The number of hydrogen-bond acceptors (Lipinski definition) is 3. The van der Waals surface area contributed by atoms with Crippen molar-refractivity contribution in [1.29, 1.82) is 0 Å². The Bertz CT molecular complexity index is 851. The second kappa shape index (κ2) is 6.52. The number of nitrogens with zero attached hydrogens (tertiary/aromatic N) is 1. The van der Waals surface area contributed by atoms with Gasteiger partial charge in [-0.3, -0.25) is 0 Å².